The first-order valence-corrected chi connectivity index (χ1v) is 15.8. The van der Waals surface area contributed by atoms with E-state index in [0.29, 0.717) is 13.0 Å². The molecule has 0 saturated heterocycles. The van der Waals surface area contributed by atoms with E-state index in [1.54, 1.807) is 0 Å². The van der Waals surface area contributed by atoms with Crippen molar-refractivity contribution in [2.75, 3.05) is 17.8 Å². The van der Waals surface area contributed by atoms with Crippen molar-refractivity contribution in [3.8, 4) is 5.75 Å². The molecule has 0 aromatic heterocycles. The molecule has 0 unspecified atom stereocenters. The number of hydrogen-bond donors (Lipinski definition) is 1. The molecular weight excluding hydrogens is 568 g/mol. The van der Waals surface area contributed by atoms with E-state index in [-0.39, 0.29) is 22.9 Å². The van der Waals surface area contributed by atoms with Gasteiger partial charge < -0.3 is 15.0 Å². The van der Waals surface area contributed by atoms with Gasteiger partial charge in [0, 0.05) is 24.0 Å². The number of nitrogens with one attached hydrogen (secondary N) is 1. The SMILES string of the molecule is Br.CCCCCCCCCCCCCCOc1ccccc1CC(=O)Nc1cccc(CN2C=C(C)SC2)c1. The van der Waals surface area contributed by atoms with Gasteiger partial charge in [-0.25, -0.2) is 0 Å². The lowest BCUT2D eigenvalue weighted by molar-refractivity contribution is -0.115. The number of ether oxygens (including phenoxy) is 1. The Labute approximate surface area is 252 Å². The summed E-state index contributed by atoms with van der Waals surface area (Å²) in [7, 11) is 0. The van der Waals surface area contributed by atoms with Crippen LogP contribution in [0.3, 0.4) is 0 Å². The predicted octanol–water partition coefficient (Wildman–Crippen LogP) is 9.89. The summed E-state index contributed by atoms with van der Waals surface area (Å²) in [6, 6.07) is 16.1. The number of nitrogens with zero attached hydrogens (tertiary/aromatic N) is 1. The van der Waals surface area contributed by atoms with Crippen LogP contribution in [0.15, 0.2) is 59.6 Å². The van der Waals surface area contributed by atoms with Crippen LogP contribution in [0.2, 0.25) is 0 Å². The lowest BCUT2D eigenvalue weighted by atomic mass is 10.1. The summed E-state index contributed by atoms with van der Waals surface area (Å²) in [6.07, 6.45) is 18.5. The summed E-state index contributed by atoms with van der Waals surface area (Å²) >= 11 is 1.86. The van der Waals surface area contributed by atoms with Crippen molar-refractivity contribution in [2.45, 2.75) is 104 Å². The van der Waals surface area contributed by atoms with E-state index in [1.165, 1.54) is 81.1 Å². The number of thioether (sulfide) groups is 1. The van der Waals surface area contributed by atoms with Crippen LogP contribution < -0.4 is 10.1 Å². The number of unbranched alkanes of at least 4 members (excludes halogenated alkanes) is 11. The van der Waals surface area contributed by atoms with Crippen LogP contribution in [-0.2, 0) is 17.8 Å². The highest BCUT2D eigenvalue weighted by molar-refractivity contribution is 8.93. The summed E-state index contributed by atoms with van der Waals surface area (Å²) in [6.45, 7) is 5.98. The second kappa shape index (κ2) is 20.0. The smallest absolute Gasteiger partial charge is 0.228 e. The van der Waals surface area contributed by atoms with Crippen molar-refractivity contribution in [1.29, 1.82) is 0 Å². The van der Waals surface area contributed by atoms with Crippen molar-refractivity contribution in [2.24, 2.45) is 0 Å². The number of amides is 1. The van der Waals surface area contributed by atoms with E-state index in [9.17, 15) is 4.79 Å². The molecule has 1 N–H and O–H groups in total. The molecule has 0 saturated carbocycles. The van der Waals surface area contributed by atoms with Crippen molar-refractivity contribution in [3.63, 3.8) is 0 Å². The molecule has 216 valence electrons. The molecule has 1 aliphatic heterocycles. The number of allylic oxidation sites excluding steroid dienone is 1. The van der Waals surface area contributed by atoms with Gasteiger partial charge in [0.1, 0.15) is 5.75 Å². The van der Waals surface area contributed by atoms with Crippen LogP contribution in [0.1, 0.15) is 102 Å². The summed E-state index contributed by atoms with van der Waals surface area (Å²) in [5.74, 6) is 1.79. The van der Waals surface area contributed by atoms with E-state index in [4.69, 9.17) is 4.74 Å². The average molecular weight is 618 g/mol. The van der Waals surface area contributed by atoms with Gasteiger partial charge in [-0.15, -0.1) is 28.7 Å². The van der Waals surface area contributed by atoms with E-state index in [2.05, 4.69) is 42.4 Å². The minimum absolute atomic E-state index is 0. The average Bonchev–Trinajstić information content (AvgIpc) is 3.32. The summed E-state index contributed by atoms with van der Waals surface area (Å²) < 4.78 is 6.09. The third kappa shape index (κ3) is 13.8. The minimum Gasteiger partial charge on any atom is -0.493 e. The number of carbonyl (C=O) groups excluding carboxylic acids is 1. The largest absolute Gasteiger partial charge is 0.493 e. The topological polar surface area (TPSA) is 41.6 Å². The van der Waals surface area contributed by atoms with E-state index < -0.39 is 0 Å². The lowest BCUT2D eigenvalue weighted by Gasteiger charge is -2.15. The molecule has 6 heteroatoms. The Kier molecular flexibility index (Phi) is 17.1. The highest BCUT2D eigenvalue weighted by Gasteiger charge is 2.12. The van der Waals surface area contributed by atoms with Gasteiger partial charge in [-0.05, 0) is 42.0 Å². The summed E-state index contributed by atoms with van der Waals surface area (Å²) in [5, 5.41) is 3.08. The van der Waals surface area contributed by atoms with Gasteiger partial charge in [0.15, 0.2) is 0 Å². The maximum absolute atomic E-state index is 12.8. The quantitative estimate of drug-likeness (QED) is 0.159. The first kappa shape index (κ1) is 33.3. The molecule has 0 radical (unpaired) electrons. The third-order valence-electron chi connectivity index (χ3n) is 7.00. The maximum atomic E-state index is 12.8. The normalized spacial score (nSPS) is 12.7. The van der Waals surface area contributed by atoms with Crippen molar-refractivity contribution >= 4 is 40.3 Å². The fourth-order valence-electron chi connectivity index (χ4n) is 4.88. The number of hydrogen-bond acceptors (Lipinski definition) is 4. The van der Waals surface area contributed by atoms with Gasteiger partial charge in [0.05, 0.1) is 18.9 Å². The maximum Gasteiger partial charge on any atom is 0.228 e. The molecule has 1 aliphatic rings. The Morgan fingerprint density at radius 1 is 0.897 bits per heavy atom. The molecule has 2 aromatic rings. The fourth-order valence-corrected chi connectivity index (χ4v) is 5.64. The Morgan fingerprint density at radius 3 is 2.23 bits per heavy atom. The van der Waals surface area contributed by atoms with Crippen LogP contribution in [-0.4, -0.2) is 23.3 Å². The second-order valence-corrected chi connectivity index (χ2v) is 11.7. The number of anilines is 1. The monoisotopic (exact) mass is 616 g/mol. The number of rotatable bonds is 19. The molecular formula is C33H49BrN2O2S. The zero-order valence-electron chi connectivity index (χ0n) is 24.1. The van der Waals surface area contributed by atoms with Crippen molar-refractivity contribution in [1.82, 2.24) is 4.90 Å². The minimum atomic E-state index is -0.0176. The van der Waals surface area contributed by atoms with Crippen LogP contribution in [0, 0.1) is 0 Å². The summed E-state index contributed by atoms with van der Waals surface area (Å²) in [5.41, 5.74) is 2.98. The van der Waals surface area contributed by atoms with Gasteiger partial charge in [-0.1, -0.05) is 108 Å². The molecule has 39 heavy (non-hydrogen) atoms. The van der Waals surface area contributed by atoms with Gasteiger partial charge in [-0.3, -0.25) is 4.79 Å². The van der Waals surface area contributed by atoms with E-state index in [1.807, 2.05) is 48.2 Å². The van der Waals surface area contributed by atoms with Crippen molar-refractivity contribution in [3.05, 3.63) is 70.8 Å². The Bertz CT molecular complexity index is 997. The number of carbonyl (C=O) groups is 1. The van der Waals surface area contributed by atoms with Crippen molar-refractivity contribution < 1.29 is 9.53 Å². The van der Waals surface area contributed by atoms with E-state index in [0.717, 1.165) is 35.8 Å². The van der Waals surface area contributed by atoms with E-state index >= 15 is 0 Å². The predicted molar refractivity (Wildman–Crippen MR) is 174 cm³/mol. The highest BCUT2D eigenvalue weighted by atomic mass is 79.9. The van der Waals surface area contributed by atoms with Gasteiger partial charge >= 0.3 is 0 Å². The van der Waals surface area contributed by atoms with Gasteiger partial charge in [0.25, 0.3) is 0 Å². The molecule has 0 fully saturated rings. The standard InChI is InChI=1S/C33H48N2O2S.BrH/c1-3-4-5-6-7-8-9-10-11-12-13-16-22-37-32-21-15-14-19-30(32)24-33(36)34-31-20-17-18-29(23-31)26-35-25-28(2)38-27-35;/h14-15,17-21,23,25H,3-13,16,22,24,26-27H2,1-2H3,(H,34,36);1H. The van der Waals surface area contributed by atoms with Gasteiger partial charge in [0.2, 0.25) is 5.91 Å². The number of benzene rings is 2. The molecule has 0 bridgehead atoms. The first-order valence-electron chi connectivity index (χ1n) is 14.8. The number of para-hydroxylation sites is 1. The molecule has 1 heterocycles. The molecule has 0 spiro atoms. The first-order chi connectivity index (χ1) is 18.6. The lowest BCUT2D eigenvalue weighted by Crippen LogP contribution is -2.16. The molecule has 0 aliphatic carbocycles. The molecule has 3 rings (SSSR count). The molecule has 1 amide bonds. The molecule has 2 aromatic carbocycles. The molecule has 4 nitrogen and oxygen atoms in total. The van der Waals surface area contributed by atoms with Crippen LogP contribution in [0.5, 0.6) is 5.75 Å². The Morgan fingerprint density at radius 2 is 1.56 bits per heavy atom. The highest BCUT2D eigenvalue weighted by Crippen LogP contribution is 2.26. The van der Waals surface area contributed by atoms with Crippen LogP contribution in [0.25, 0.3) is 0 Å². The zero-order valence-corrected chi connectivity index (χ0v) is 26.6. The Hall–Kier alpha value is -1.92. The van der Waals surface area contributed by atoms with Gasteiger partial charge in [-0.2, -0.15) is 0 Å². The fraction of sp³-hybridized carbons (Fsp3) is 0.545. The number of halogens is 1. The van der Waals surface area contributed by atoms with Crippen LogP contribution in [0.4, 0.5) is 5.69 Å². The third-order valence-corrected chi connectivity index (χ3v) is 8.02. The second-order valence-electron chi connectivity index (χ2n) is 10.5. The Balaban J connectivity index is 0.00000533. The molecule has 0 atom stereocenters. The zero-order chi connectivity index (χ0) is 26.8. The summed E-state index contributed by atoms with van der Waals surface area (Å²) in [4.78, 5) is 16.5. The van der Waals surface area contributed by atoms with Crippen LogP contribution >= 0.6 is 28.7 Å².